The SMILES string of the molecule is Nc1n[nH]c(S(=O)(=O)CCCCOc2ccccc2)n1. The number of unbranched alkanes of at least 4 members (excludes halogenated alkanes) is 1. The zero-order chi connectivity index (χ0) is 14.4. The molecule has 8 heteroatoms. The molecule has 0 amide bonds. The van der Waals surface area contributed by atoms with Crippen LogP contribution in [0.25, 0.3) is 0 Å². The molecule has 0 saturated heterocycles. The third-order valence-corrected chi connectivity index (χ3v) is 4.19. The highest BCUT2D eigenvalue weighted by molar-refractivity contribution is 7.91. The lowest BCUT2D eigenvalue weighted by Crippen LogP contribution is -2.10. The molecule has 1 heterocycles. The van der Waals surface area contributed by atoms with E-state index in [1.807, 2.05) is 30.3 Å². The van der Waals surface area contributed by atoms with Gasteiger partial charge in [0.2, 0.25) is 20.9 Å². The van der Waals surface area contributed by atoms with Gasteiger partial charge in [-0.15, -0.1) is 5.10 Å². The van der Waals surface area contributed by atoms with Crippen LogP contribution >= 0.6 is 0 Å². The lowest BCUT2D eigenvalue weighted by atomic mass is 10.3. The van der Waals surface area contributed by atoms with Crippen molar-refractivity contribution in [2.24, 2.45) is 0 Å². The predicted octanol–water partition coefficient (Wildman–Crippen LogP) is 1.02. The third-order valence-electron chi connectivity index (χ3n) is 2.60. The van der Waals surface area contributed by atoms with Crippen LogP contribution < -0.4 is 10.5 Å². The minimum atomic E-state index is -3.45. The van der Waals surface area contributed by atoms with Crippen molar-refractivity contribution >= 4 is 15.8 Å². The van der Waals surface area contributed by atoms with E-state index in [1.54, 1.807) is 0 Å². The summed E-state index contributed by atoms with van der Waals surface area (Å²) in [5.41, 5.74) is 5.28. The molecular weight excluding hydrogens is 280 g/mol. The van der Waals surface area contributed by atoms with Crippen molar-refractivity contribution < 1.29 is 13.2 Å². The molecule has 0 aliphatic rings. The topological polar surface area (TPSA) is 111 Å². The summed E-state index contributed by atoms with van der Waals surface area (Å²) in [6, 6.07) is 9.38. The highest BCUT2D eigenvalue weighted by atomic mass is 32.2. The van der Waals surface area contributed by atoms with Crippen molar-refractivity contribution in [1.29, 1.82) is 0 Å². The number of aromatic amines is 1. The molecule has 0 spiro atoms. The monoisotopic (exact) mass is 296 g/mol. The summed E-state index contributed by atoms with van der Waals surface area (Å²) in [5.74, 6) is 0.689. The van der Waals surface area contributed by atoms with Crippen molar-refractivity contribution in [1.82, 2.24) is 15.2 Å². The van der Waals surface area contributed by atoms with Crippen LogP contribution in [0.4, 0.5) is 5.95 Å². The van der Waals surface area contributed by atoms with Crippen molar-refractivity contribution in [3.8, 4) is 5.75 Å². The number of nitrogens with two attached hydrogens (primary N) is 1. The number of para-hydroxylation sites is 1. The molecule has 3 N–H and O–H groups in total. The maximum absolute atomic E-state index is 11.8. The summed E-state index contributed by atoms with van der Waals surface area (Å²) in [6.45, 7) is 0.470. The minimum absolute atomic E-state index is 0.0141. The summed E-state index contributed by atoms with van der Waals surface area (Å²) in [7, 11) is -3.45. The van der Waals surface area contributed by atoms with E-state index >= 15 is 0 Å². The first-order chi connectivity index (χ1) is 9.58. The molecule has 20 heavy (non-hydrogen) atoms. The standard InChI is InChI=1S/C12H16N4O3S/c13-11-14-12(16-15-11)20(17,18)9-5-4-8-19-10-6-2-1-3-7-10/h1-3,6-7H,4-5,8-9H2,(H3,13,14,15,16). The van der Waals surface area contributed by atoms with E-state index in [0.717, 1.165) is 5.75 Å². The van der Waals surface area contributed by atoms with Crippen LogP contribution in [-0.2, 0) is 9.84 Å². The second kappa shape index (κ2) is 6.38. The van der Waals surface area contributed by atoms with Crippen LogP contribution in [0.1, 0.15) is 12.8 Å². The Bertz CT molecular complexity index is 640. The number of aromatic nitrogens is 3. The first-order valence-electron chi connectivity index (χ1n) is 6.16. The molecule has 0 aliphatic carbocycles. The van der Waals surface area contributed by atoms with E-state index < -0.39 is 9.84 Å². The molecule has 2 rings (SSSR count). The number of nitrogens with zero attached hydrogens (tertiary/aromatic N) is 2. The van der Waals surface area contributed by atoms with Crippen LogP contribution in [0.2, 0.25) is 0 Å². The lowest BCUT2D eigenvalue weighted by Gasteiger charge is -2.05. The smallest absolute Gasteiger partial charge is 0.244 e. The average molecular weight is 296 g/mol. The molecule has 2 aromatic rings. The number of anilines is 1. The first-order valence-corrected chi connectivity index (χ1v) is 7.81. The Balaban J connectivity index is 1.73. The van der Waals surface area contributed by atoms with Gasteiger partial charge in [0.25, 0.3) is 0 Å². The number of nitrogens with one attached hydrogen (secondary N) is 1. The van der Waals surface area contributed by atoms with Crippen LogP contribution in [-0.4, -0.2) is 36.0 Å². The van der Waals surface area contributed by atoms with Crippen molar-refractivity contribution in [3.63, 3.8) is 0 Å². The van der Waals surface area contributed by atoms with E-state index in [-0.39, 0.29) is 16.9 Å². The van der Waals surface area contributed by atoms with Gasteiger partial charge in [-0.1, -0.05) is 18.2 Å². The highest BCUT2D eigenvalue weighted by Gasteiger charge is 2.18. The number of rotatable bonds is 7. The van der Waals surface area contributed by atoms with Gasteiger partial charge in [-0.25, -0.2) is 13.5 Å². The maximum Gasteiger partial charge on any atom is 0.244 e. The summed E-state index contributed by atoms with van der Waals surface area (Å²) in [5, 5.41) is 5.63. The summed E-state index contributed by atoms with van der Waals surface area (Å²) < 4.78 is 29.2. The average Bonchev–Trinajstić information content (AvgIpc) is 2.87. The molecule has 1 aromatic heterocycles. The van der Waals surface area contributed by atoms with Crippen LogP contribution in [0.5, 0.6) is 5.75 Å². The van der Waals surface area contributed by atoms with Crippen molar-refractivity contribution in [3.05, 3.63) is 30.3 Å². The predicted molar refractivity (Wildman–Crippen MR) is 74.0 cm³/mol. The van der Waals surface area contributed by atoms with Gasteiger partial charge in [0.15, 0.2) is 0 Å². The molecule has 0 atom stereocenters. The zero-order valence-corrected chi connectivity index (χ0v) is 11.6. The van der Waals surface area contributed by atoms with Crippen molar-refractivity contribution in [2.75, 3.05) is 18.1 Å². The van der Waals surface area contributed by atoms with Crippen LogP contribution in [0.3, 0.4) is 0 Å². The second-order valence-electron chi connectivity index (χ2n) is 4.19. The summed E-state index contributed by atoms with van der Waals surface area (Å²) in [6.07, 6.45) is 1.12. The first kappa shape index (κ1) is 14.3. The molecule has 0 bridgehead atoms. The molecule has 0 fully saturated rings. The molecule has 0 radical (unpaired) electrons. The maximum atomic E-state index is 11.8. The second-order valence-corrected chi connectivity index (χ2v) is 6.21. The van der Waals surface area contributed by atoms with Gasteiger partial charge in [-0.05, 0) is 25.0 Å². The number of sulfone groups is 1. The number of H-pyrrole nitrogens is 1. The number of ether oxygens (including phenoxy) is 1. The Morgan fingerprint density at radius 3 is 2.60 bits per heavy atom. The quantitative estimate of drug-likeness (QED) is 0.738. The number of hydrogen-bond acceptors (Lipinski definition) is 6. The van der Waals surface area contributed by atoms with Gasteiger partial charge >= 0.3 is 0 Å². The van der Waals surface area contributed by atoms with Gasteiger partial charge in [-0.2, -0.15) is 4.98 Å². The third kappa shape index (κ3) is 3.95. The molecule has 1 aromatic carbocycles. The molecule has 0 saturated carbocycles. The van der Waals surface area contributed by atoms with Gasteiger partial charge in [0, 0.05) is 0 Å². The number of nitrogen functional groups attached to an aromatic ring is 1. The van der Waals surface area contributed by atoms with Gasteiger partial charge in [-0.3, -0.25) is 0 Å². The van der Waals surface area contributed by atoms with Gasteiger partial charge < -0.3 is 10.5 Å². The molecule has 0 aliphatic heterocycles. The van der Waals surface area contributed by atoms with Gasteiger partial charge in [0.05, 0.1) is 12.4 Å². The van der Waals surface area contributed by atoms with E-state index in [9.17, 15) is 8.42 Å². The highest BCUT2D eigenvalue weighted by Crippen LogP contribution is 2.11. The van der Waals surface area contributed by atoms with Crippen LogP contribution in [0.15, 0.2) is 35.5 Å². The van der Waals surface area contributed by atoms with E-state index in [2.05, 4.69) is 15.2 Å². The van der Waals surface area contributed by atoms with Crippen LogP contribution in [0, 0.1) is 0 Å². The largest absolute Gasteiger partial charge is 0.494 e. The van der Waals surface area contributed by atoms with E-state index in [1.165, 1.54) is 0 Å². The van der Waals surface area contributed by atoms with E-state index in [0.29, 0.717) is 19.4 Å². The molecule has 108 valence electrons. The Morgan fingerprint density at radius 1 is 1.20 bits per heavy atom. The molecular formula is C12H16N4O3S. The number of benzene rings is 1. The number of hydrogen-bond donors (Lipinski definition) is 2. The molecule has 7 nitrogen and oxygen atoms in total. The zero-order valence-electron chi connectivity index (χ0n) is 10.8. The Morgan fingerprint density at radius 2 is 1.95 bits per heavy atom. The Labute approximate surface area is 117 Å². The fourth-order valence-corrected chi connectivity index (χ4v) is 2.79. The summed E-state index contributed by atoms with van der Waals surface area (Å²) >= 11 is 0. The van der Waals surface area contributed by atoms with Crippen molar-refractivity contribution in [2.45, 2.75) is 18.0 Å². The normalized spacial score (nSPS) is 11.4. The molecule has 0 unspecified atom stereocenters. The fraction of sp³-hybridized carbons (Fsp3) is 0.333. The summed E-state index contributed by atoms with van der Waals surface area (Å²) in [4.78, 5) is 3.62. The van der Waals surface area contributed by atoms with E-state index in [4.69, 9.17) is 10.5 Å². The van der Waals surface area contributed by atoms with Gasteiger partial charge in [0.1, 0.15) is 5.75 Å². The Kier molecular flexibility index (Phi) is 4.57. The fourth-order valence-electron chi connectivity index (χ4n) is 1.60. The minimum Gasteiger partial charge on any atom is -0.494 e. The Hall–Kier alpha value is -2.09. The lowest BCUT2D eigenvalue weighted by molar-refractivity contribution is 0.309.